The molecule has 1 aromatic heterocycles. The molecule has 2 heterocycles. The molecule has 1 aliphatic rings. The molecule has 1 N–H and O–H groups in total. The number of rotatable bonds is 4. The van der Waals surface area contributed by atoms with E-state index in [-0.39, 0.29) is 17.0 Å². The Kier molecular flexibility index (Phi) is 6.16. The fraction of sp³-hybridized carbons (Fsp3) is 0.250. The fourth-order valence-electron chi connectivity index (χ4n) is 2.09. The first-order chi connectivity index (χ1) is 11.6. The number of nitrogens with one attached hydrogen (secondary N) is 1. The SMILES string of the molecule is O=C(Nc1ccccc1Oc1ncc(Cl)cc1Cl)C1CSCCS1. The van der Waals surface area contributed by atoms with Gasteiger partial charge in [0.05, 0.1) is 16.0 Å². The second kappa shape index (κ2) is 8.34. The van der Waals surface area contributed by atoms with Crippen LogP contribution in [0.2, 0.25) is 10.0 Å². The highest BCUT2D eigenvalue weighted by Crippen LogP contribution is 2.34. The van der Waals surface area contributed by atoms with Crippen LogP contribution in [0.15, 0.2) is 36.5 Å². The minimum atomic E-state index is -0.0472. The molecule has 0 bridgehead atoms. The number of nitrogens with zero attached hydrogens (tertiary/aromatic N) is 1. The predicted octanol–water partition coefficient (Wildman–Crippen LogP) is 4.97. The summed E-state index contributed by atoms with van der Waals surface area (Å²) in [4.78, 5) is 16.5. The van der Waals surface area contributed by atoms with Crippen molar-refractivity contribution in [2.24, 2.45) is 0 Å². The number of carbonyl (C=O) groups excluding carboxylic acids is 1. The number of aromatic nitrogens is 1. The molecule has 8 heteroatoms. The van der Waals surface area contributed by atoms with Crippen molar-refractivity contribution < 1.29 is 9.53 Å². The van der Waals surface area contributed by atoms with Gasteiger partial charge in [0.25, 0.3) is 0 Å². The molecule has 126 valence electrons. The van der Waals surface area contributed by atoms with Crippen LogP contribution in [0, 0.1) is 0 Å². The van der Waals surface area contributed by atoms with Crippen LogP contribution in [0.5, 0.6) is 11.6 Å². The van der Waals surface area contributed by atoms with Gasteiger partial charge in [0.1, 0.15) is 5.02 Å². The molecule has 0 radical (unpaired) electrons. The summed E-state index contributed by atoms with van der Waals surface area (Å²) in [5.74, 6) is 3.62. The average Bonchev–Trinajstić information content (AvgIpc) is 2.59. The van der Waals surface area contributed by atoms with Gasteiger partial charge in [-0.2, -0.15) is 11.8 Å². The molecule has 1 amide bonds. The number of anilines is 1. The van der Waals surface area contributed by atoms with Gasteiger partial charge in [0.15, 0.2) is 5.75 Å². The molecule has 1 aromatic carbocycles. The summed E-state index contributed by atoms with van der Waals surface area (Å²) in [6.07, 6.45) is 1.46. The Morgan fingerprint density at radius 3 is 2.88 bits per heavy atom. The maximum atomic E-state index is 12.4. The summed E-state index contributed by atoms with van der Waals surface area (Å²) in [5.41, 5.74) is 0.589. The number of para-hydroxylation sites is 2. The standard InChI is InChI=1S/C16H14Cl2N2O2S2/c17-10-7-11(18)16(19-8-10)22-13-4-2-1-3-12(13)20-15(21)14-9-23-5-6-24-14/h1-4,7-8,14H,5-6,9H2,(H,20,21). The van der Waals surface area contributed by atoms with Gasteiger partial charge in [-0.05, 0) is 18.2 Å². The first-order valence-corrected chi connectivity index (χ1v) is 10.2. The Morgan fingerprint density at radius 1 is 1.29 bits per heavy atom. The number of hydrogen-bond acceptors (Lipinski definition) is 5. The van der Waals surface area contributed by atoms with Gasteiger partial charge < -0.3 is 10.1 Å². The Balaban J connectivity index is 1.76. The van der Waals surface area contributed by atoms with Crippen LogP contribution >= 0.6 is 46.7 Å². The third-order valence-electron chi connectivity index (χ3n) is 3.23. The van der Waals surface area contributed by atoms with Gasteiger partial charge in [-0.3, -0.25) is 4.79 Å². The third-order valence-corrected chi connectivity index (χ3v) is 6.47. The lowest BCUT2D eigenvalue weighted by Crippen LogP contribution is -2.30. The van der Waals surface area contributed by atoms with Crippen LogP contribution in [0.4, 0.5) is 5.69 Å². The second-order valence-electron chi connectivity index (χ2n) is 4.96. The van der Waals surface area contributed by atoms with Crippen molar-refractivity contribution in [3.8, 4) is 11.6 Å². The first kappa shape index (κ1) is 17.7. The lowest BCUT2D eigenvalue weighted by Gasteiger charge is -2.21. The Hall–Kier alpha value is -1.08. The number of carbonyl (C=O) groups is 1. The van der Waals surface area contributed by atoms with E-state index in [2.05, 4.69) is 10.3 Å². The van der Waals surface area contributed by atoms with Crippen LogP contribution in [-0.4, -0.2) is 33.4 Å². The van der Waals surface area contributed by atoms with Crippen LogP contribution in [0.3, 0.4) is 0 Å². The lowest BCUT2D eigenvalue weighted by atomic mass is 10.3. The number of halogens is 2. The van der Waals surface area contributed by atoms with E-state index >= 15 is 0 Å². The molecule has 0 saturated carbocycles. The van der Waals surface area contributed by atoms with E-state index in [9.17, 15) is 4.79 Å². The summed E-state index contributed by atoms with van der Waals surface area (Å²) >= 11 is 15.4. The molecule has 2 aromatic rings. The van der Waals surface area contributed by atoms with E-state index in [0.717, 1.165) is 17.3 Å². The largest absolute Gasteiger partial charge is 0.435 e. The number of hydrogen-bond donors (Lipinski definition) is 1. The first-order valence-electron chi connectivity index (χ1n) is 7.21. The van der Waals surface area contributed by atoms with E-state index in [1.807, 2.05) is 12.1 Å². The number of thioether (sulfide) groups is 2. The summed E-state index contributed by atoms with van der Waals surface area (Å²) in [6, 6.07) is 8.76. The quantitative estimate of drug-likeness (QED) is 0.784. The molecular formula is C16H14Cl2N2O2S2. The number of pyridine rings is 1. The predicted molar refractivity (Wildman–Crippen MR) is 103 cm³/mol. The Morgan fingerprint density at radius 2 is 2.12 bits per heavy atom. The molecule has 1 saturated heterocycles. The van der Waals surface area contributed by atoms with E-state index in [4.69, 9.17) is 27.9 Å². The van der Waals surface area contributed by atoms with Crippen LogP contribution in [0.1, 0.15) is 0 Å². The normalized spacial score (nSPS) is 17.3. The highest BCUT2D eigenvalue weighted by atomic mass is 35.5. The lowest BCUT2D eigenvalue weighted by molar-refractivity contribution is -0.115. The highest BCUT2D eigenvalue weighted by molar-refractivity contribution is 8.07. The second-order valence-corrected chi connectivity index (χ2v) is 8.27. The summed E-state index contributed by atoms with van der Waals surface area (Å²) in [7, 11) is 0. The zero-order chi connectivity index (χ0) is 16.9. The fourth-order valence-corrected chi connectivity index (χ4v) is 5.07. The van der Waals surface area contributed by atoms with Gasteiger partial charge >= 0.3 is 0 Å². The van der Waals surface area contributed by atoms with Crippen LogP contribution in [-0.2, 0) is 4.79 Å². The molecule has 1 aliphatic heterocycles. The Bertz CT molecular complexity index is 740. The zero-order valence-corrected chi connectivity index (χ0v) is 15.6. The van der Waals surface area contributed by atoms with Crippen LogP contribution in [0.25, 0.3) is 0 Å². The number of ether oxygens (including phenoxy) is 1. The monoisotopic (exact) mass is 400 g/mol. The van der Waals surface area contributed by atoms with E-state index in [1.165, 1.54) is 6.20 Å². The van der Waals surface area contributed by atoms with E-state index in [1.54, 1.807) is 41.7 Å². The van der Waals surface area contributed by atoms with Crippen molar-refractivity contribution in [2.75, 3.05) is 22.6 Å². The molecule has 24 heavy (non-hydrogen) atoms. The van der Waals surface area contributed by atoms with Crippen molar-refractivity contribution in [2.45, 2.75) is 5.25 Å². The zero-order valence-electron chi connectivity index (χ0n) is 12.5. The Labute approximate surface area is 158 Å². The highest BCUT2D eigenvalue weighted by Gasteiger charge is 2.23. The maximum Gasteiger partial charge on any atom is 0.238 e. The molecule has 0 aliphatic carbocycles. The van der Waals surface area contributed by atoms with Crippen molar-refractivity contribution in [1.29, 1.82) is 0 Å². The van der Waals surface area contributed by atoms with Gasteiger partial charge in [0.2, 0.25) is 11.8 Å². The molecule has 1 fully saturated rings. The molecule has 3 rings (SSSR count). The summed E-state index contributed by atoms with van der Waals surface area (Å²) < 4.78 is 5.76. The summed E-state index contributed by atoms with van der Waals surface area (Å²) in [6.45, 7) is 0. The average molecular weight is 401 g/mol. The topological polar surface area (TPSA) is 51.2 Å². The van der Waals surface area contributed by atoms with E-state index in [0.29, 0.717) is 21.5 Å². The number of benzene rings is 1. The minimum Gasteiger partial charge on any atom is -0.435 e. The molecule has 4 nitrogen and oxygen atoms in total. The van der Waals surface area contributed by atoms with Gasteiger partial charge in [0, 0.05) is 23.5 Å². The van der Waals surface area contributed by atoms with Gasteiger partial charge in [-0.25, -0.2) is 4.98 Å². The smallest absolute Gasteiger partial charge is 0.238 e. The third kappa shape index (κ3) is 4.51. The summed E-state index contributed by atoms with van der Waals surface area (Å²) in [5, 5.41) is 3.63. The molecule has 0 spiro atoms. The van der Waals surface area contributed by atoms with Crippen LogP contribution < -0.4 is 10.1 Å². The van der Waals surface area contributed by atoms with Crippen molar-refractivity contribution in [3.05, 3.63) is 46.6 Å². The van der Waals surface area contributed by atoms with Gasteiger partial charge in [-0.1, -0.05) is 35.3 Å². The van der Waals surface area contributed by atoms with Gasteiger partial charge in [-0.15, -0.1) is 11.8 Å². The molecular weight excluding hydrogens is 387 g/mol. The molecule has 1 atom stereocenters. The van der Waals surface area contributed by atoms with E-state index < -0.39 is 0 Å². The van der Waals surface area contributed by atoms with Crippen molar-refractivity contribution in [3.63, 3.8) is 0 Å². The molecule has 1 unspecified atom stereocenters. The number of amides is 1. The maximum absolute atomic E-state index is 12.4. The van der Waals surface area contributed by atoms with Crippen molar-refractivity contribution in [1.82, 2.24) is 4.98 Å². The minimum absolute atomic E-state index is 0.0154. The van der Waals surface area contributed by atoms with Crippen molar-refractivity contribution >= 4 is 58.3 Å².